The Labute approximate surface area is 719 Å². The fraction of sp³-hybridized carbons (Fsp3) is 0.817. The quantitative estimate of drug-likeness (QED) is 0.0120. The molecule has 112 heavy (non-hydrogen) atoms. The number of rotatable bonds is 85. The maximum Gasteiger partial charge on any atom is 2.00 e. The Hall–Kier alpha value is -2.26. The van der Waals surface area contributed by atoms with Crippen molar-refractivity contribution >= 4 is 11.4 Å². The third-order valence-corrected chi connectivity index (χ3v) is 24.1. The number of aryl methyl sites for hydroxylation is 2. The predicted molar refractivity (Wildman–Crippen MR) is 506 cm³/mol. The van der Waals surface area contributed by atoms with Crippen molar-refractivity contribution in [1.29, 1.82) is 0 Å². The predicted octanol–water partition coefficient (Wildman–Crippen LogP) is 39.3. The fourth-order valence-corrected chi connectivity index (χ4v) is 16.5. The van der Waals surface area contributed by atoms with Crippen LogP contribution in [0.25, 0.3) is 11.1 Å². The minimum absolute atomic E-state index is 0. The van der Waals surface area contributed by atoms with Crippen LogP contribution in [-0.2, 0) is 33.3 Å². The van der Waals surface area contributed by atoms with Crippen molar-refractivity contribution in [1.82, 2.24) is 0 Å². The Balaban J connectivity index is 0. The second kappa shape index (κ2) is 97.6. The molecule has 0 N–H and O–H groups in total. The summed E-state index contributed by atoms with van der Waals surface area (Å²) in [6.45, 7) is 21.5. The Morgan fingerprint density at radius 1 is 0.268 bits per heavy atom. The molecule has 0 atom stereocenters. The zero-order chi connectivity index (χ0) is 80.2. The van der Waals surface area contributed by atoms with E-state index in [1.807, 2.05) is 0 Å². The first-order valence-corrected chi connectivity index (χ1v) is 51.1. The molecule has 0 aliphatic carbocycles. The van der Waals surface area contributed by atoms with Crippen molar-refractivity contribution in [2.24, 2.45) is 0 Å². The van der Waals surface area contributed by atoms with E-state index in [4.69, 9.17) is 0 Å². The minimum Gasteiger partial charge on any atom is -0.348 e. The van der Waals surface area contributed by atoms with E-state index in [1.54, 1.807) is 0 Å². The molecule has 3 heteroatoms. The van der Waals surface area contributed by atoms with Gasteiger partial charge in [-0.25, -0.2) is 0 Å². The van der Waals surface area contributed by atoms with Gasteiger partial charge >= 0.3 is 26.3 Å². The summed E-state index contributed by atoms with van der Waals surface area (Å²) in [5.74, 6) is 3.12. The first-order valence-electron chi connectivity index (χ1n) is 51.1. The van der Waals surface area contributed by atoms with Crippen LogP contribution in [0.2, 0.25) is 0 Å². The Bertz CT molecular complexity index is 2190. The molecule has 0 amide bonds. The van der Waals surface area contributed by atoms with Gasteiger partial charge in [0.25, 0.3) is 0 Å². The Kier molecular flexibility index (Phi) is 97.4. The number of hydrogen-bond donors (Lipinski definition) is 0. The zero-order valence-electron chi connectivity index (χ0n) is 77.1. The van der Waals surface area contributed by atoms with Crippen LogP contribution in [0.5, 0.6) is 0 Å². The van der Waals surface area contributed by atoms with Gasteiger partial charge in [0.1, 0.15) is 0 Å². The maximum absolute atomic E-state index is 10.1. The molecule has 0 fully saturated rings. The normalized spacial score (nSPS) is 11.5. The summed E-state index contributed by atoms with van der Waals surface area (Å²) >= 11 is 0. The third kappa shape index (κ3) is 80.2. The van der Waals surface area contributed by atoms with Crippen LogP contribution in [-0.4, -0.2) is 10.7 Å². The summed E-state index contributed by atoms with van der Waals surface area (Å²) in [4.78, 5) is 3.58. The number of nitrogens with zero attached hydrogens (tertiary/aromatic N) is 2. The van der Waals surface area contributed by atoms with Gasteiger partial charge in [0.05, 0.1) is 5.57 Å². The van der Waals surface area contributed by atoms with Gasteiger partial charge in [-0.2, -0.15) is 12.8 Å². The van der Waals surface area contributed by atoms with Gasteiger partial charge < -0.3 is 19.4 Å². The first kappa shape index (κ1) is 112. The van der Waals surface area contributed by atoms with Gasteiger partial charge in [-0.1, -0.05) is 571 Å². The van der Waals surface area contributed by atoms with E-state index in [-0.39, 0.29) is 20.4 Å². The zero-order valence-corrected chi connectivity index (χ0v) is 78.6. The van der Waals surface area contributed by atoms with Gasteiger partial charge in [0.2, 0.25) is 0 Å². The van der Waals surface area contributed by atoms with Crippen molar-refractivity contribution in [2.75, 3.05) is 0 Å². The number of allylic oxidation sites excluding steroid dienone is 4. The standard InChI is InChI=1S/C81H140N2.2C14H29.Pd/c1-5-9-13-16-18-20-22-24-26-28-30-32-34-35-36-37-38-40-42-44-46-48-50-52-54-56-58-61-65-80(79(74-83-82)64-60-15-11-7-3)81(77-70-66-75(67-71-77)62-12-8-4)78-72-68-76(69-73-78)63-59-57-55-53-51-49-47-45-43-41-39-33-31-29-27-25-23-21-19-17-14-10-6-2;2*1-3-5-7-9-11-13-14-12-10-8-6-4-2;/h61,65-73H,5-60,62-64H2,1-4H3;2*1,3-14H2,2H3;/q;2*-1;+2. The first-order chi connectivity index (χ1) is 55.0. The molecule has 0 aromatic heterocycles. The average molecular weight is 1640 g/mol. The van der Waals surface area contributed by atoms with Crippen LogP contribution in [0, 0.1) is 13.8 Å². The molecular weight excluding hydrogens is 1440 g/mol. The van der Waals surface area contributed by atoms with Crippen LogP contribution in [0.3, 0.4) is 0 Å². The van der Waals surface area contributed by atoms with E-state index in [1.165, 1.54) is 516 Å². The van der Waals surface area contributed by atoms with Crippen LogP contribution in [0.1, 0.15) is 584 Å². The molecule has 0 spiro atoms. The topological polar surface area (TPSA) is 36.4 Å². The van der Waals surface area contributed by atoms with Crippen molar-refractivity contribution in [3.8, 4) is 0 Å². The summed E-state index contributed by atoms with van der Waals surface area (Å²) in [5, 5.41) is 0. The van der Waals surface area contributed by atoms with E-state index in [2.05, 4.69) is 127 Å². The molecule has 0 bridgehead atoms. The summed E-state index contributed by atoms with van der Waals surface area (Å²) in [6.07, 6.45) is 120. The minimum atomic E-state index is 0. The molecule has 2 rings (SSSR count). The van der Waals surface area contributed by atoms with E-state index < -0.39 is 0 Å². The van der Waals surface area contributed by atoms with Crippen molar-refractivity contribution < 1.29 is 25.2 Å². The molecule has 0 saturated heterocycles. The van der Waals surface area contributed by atoms with E-state index in [9.17, 15) is 5.53 Å². The van der Waals surface area contributed by atoms with Crippen molar-refractivity contribution in [2.45, 2.75) is 574 Å². The molecule has 654 valence electrons. The Morgan fingerprint density at radius 2 is 0.473 bits per heavy atom. The summed E-state index contributed by atoms with van der Waals surface area (Å²) in [6, 6.07) is 18.9. The second-order valence-electron chi connectivity index (χ2n) is 35.1. The van der Waals surface area contributed by atoms with E-state index in [0.717, 1.165) is 56.1 Å². The van der Waals surface area contributed by atoms with Crippen molar-refractivity contribution in [3.05, 3.63) is 113 Å². The van der Waals surface area contributed by atoms with Crippen molar-refractivity contribution in [3.63, 3.8) is 0 Å². The molecule has 2 aromatic rings. The maximum atomic E-state index is 10.1. The fourth-order valence-electron chi connectivity index (χ4n) is 16.5. The van der Waals surface area contributed by atoms with Crippen LogP contribution >= 0.6 is 0 Å². The molecule has 2 aromatic carbocycles. The molecule has 0 saturated carbocycles. The van der Waals surface area contributed by atoms with Gasteiger partial charge in [-0.15, -0.1) is 4.79 Å². The van der Waals surface area contributed by atoms with E-state index in [0.29, 0.717) is 0 Å². The largest absolute Gasteiger partial charge is 2.00 e. The number of benzene rings is 2. The van der Waals surface area contributed by atoms with Gasteiger partial charge in [-0.3, -0.25) is 0 Å². The smallest absolute Gasteiger partial charge is 0.348 e. The number of hydrogen-bond acceptors (Lipinski definition) is 0. The molecule has 2 nitrogen and oxygen atoms in total. The molecule has 0 radical (unpaired) electrons. The van der Waals surface area contributed by atoms with Crippen LogP contribution in [0.4, 0.5) is 0 Å². The summed E-state index contributed by atoms with van der Waals surface area (Å²) in [5.41, 5.74) is 18.8. The molecule has 0 aliphatic heterocycles. The molecular formula is C109H198N2Pd. The Morgan fingerprint density at radius 3 is 0.705 bits per heavy atom. The monoisotopic (exact) mass is 1640 g/mol. The van der Waals surface area contributed by atoms with E-state index >= 15 is 0 Å². The van der Waals surface area contributed by atoms with Gasteiger partial charge in [0.15, 0.2) is 0 Å². The summed E-state index contributed by atoms with van der Waals surface area (Å²) < 4.78 is 0. The molecule has 0 aliphatic rings. The van der Waals surface area contributed by atoms with Crippen LogP contribution in [0.15, 0.2) is 71.8 Å². The van der Waals surface area contributed by atoms with Crippen LogP contribution < -0.4 is 0 Å². The summed E-state index contributed by atoms with van der Waals surface area (Å²) in [7, 11) is 0. The SMILES string of the molecule is CCCCCCCCCCCCCCCCCCCCCCCCCCCCC=CC(C(=C=[N+]=[N-])CCCCCC)=C(c1ccc(CCCC)cc1)c1ccc(CCCCCCCCCCCCCCCCCCCCCCCCC)cc1.[CH2-]CCCCCCCCCCCCC.[CH2-]CCCCCCCCCCCCC.[Pd+2]. The van der Waals surface area contributed by atoms with Gasteiger partial charge in [0, 0.05) is 5.57 Å². The number of unbranched alkanes of at least 4 members (excludes halogenated alkanes) is 74. The molecule has 0 heterocycles. The average Bonchev–Trinajstić information content (AvgIpc) is 0.802. The second-order valence-corrected chi connectivity index (χ2v) is 35.1. The van der Waals surface area contributed by atoms with Gasteiger partial charge in [-0.05, 0) is 79.2 Å². The third-order valence-electron chi connectivity index (χ3n) is 24.1. The molecule has 0 unspecified atom stereocenters.